The fourth-order valence-electron chi connectivity index (χ4n) is 1.68. The summed E-state index contributed by atoms with van der Waals surface area (Å²) in [6.07, 6.45) is 3.68. The zero-order valence-corrected chi connectivity index (χ0v) is 9.38. The minimum Gasteiger partial charge on any atom is -0.375 e. The van der Waals surface area contributed by atoms with E-state index in [1.165, 1.54) is 29.2 Å². The van der Waals surface area contributed by atoms with E-state index in [9.17, 15) is 0 Å². The van der Waals surface area contributed by atoms with Gasteiger partial charge in [0.1, 0.15) is 0 Å². The number of nitrogens with two attached hydrogens (primary N) is 1. The topological polar surface area (TPSA) is 38.9 Å². The van der Waals surface area contributed by atoms with Crippen LogP contribution in [0.15, 0.2) is 0 Å². The molecule has 2 heterocycles. The molecule has 4 heteroatoms. The summed E-state index contributed by atoms with van der Waals surface area (Å²) in [5, 5.41) is 1.36. The Morgan fingerprint density at radius 3 is 3.08 bits per heavy atom. The minimum absolute atomic E-state index is 0.628. The predicted molar refractivity (Wildman–Crippen MR) is 60.3 cm³/mol. The van der Waals surface area contributed by atoms with E-state index in [1.807, 2.05) is 11.8 Å². The van der Waals surface area contributed by atoms with Crippen LogP contribution in [0.3, 0.4) is 0 Å². The maximum Gasteiger partial charge on any atom is 0.180 e. The smallest absolute Gasteiger partial charge is 0.180 e. The van der Waals surface area contributed by atoms with Crippen LogP contribution in [0.1, 0.15) is 35.6 Å². The van der Waals surface area contributed by atoms with Crippen molar-refractivity contribution in [3.8, 4) is 0 Å². The molecule has 72 valence electrons. The Bertz CT molecular complexity index is 290. The maximum atomic E-state index is 5.72. The Morgan fingerprint density at radius 2 is 2.46 bits per heavy atom. The first-order chi connectivity index (χ1) is 6.31. The highest BCUT2D eigenvalue weighted by molar-refractivity contribution is 7.99. The molecule has 2 nitrogen and oxygen atoms in total. The van der Waals surface area contributed by atoms with E-state index < -0.39 is 0 Å². The zero-order chi connectivity index (χ0) is 9.26. The van der Waals surface area contributed by atoms with Crippen molar-refractivity contribution in [2.75, 3.05) is 11.5 Å². The lowest BCUT2D eigenvalue weighted by atomic mass is 10.1. The molecule has 0 radical (unpaired) electrons. The molecule has 1 aliphatic rings. The van der Waals surface area contributed by atoms with Gasteiger partial charge in [-0.3, -0.25) is 0 Å². The summed E-state index contributed by atoms with van der Waals surface area (Å²) in [5.74, 6) is 1.28. The van der Waals surface area contributed by atoms with Gasteiger partial charge in [0.2, 0.25) is 0 Å². The Morgan fingerprint density at radius 1 is 1.62 bits per heavy atom. The lowest BCUT2D eigenvalue weighted by molar-refractivity contribution is 0.804. The fourth-order valence-corrected chi connectivity index (χ4v) is 3.89. The highest BCUT2D eigenvalue weighted by Crippen LogP contribution is 2.42. The molecule has 0 amide bonds. The average Bonchev–Trinajstić information content (AvgIpc) is 2.71. The monoisotopic (exact) mass is 214 g/mol. The van der Waals surface area contributed by atoms with Crippen molar-refractivity contribution >= 4 is 28.2 Å². The summed E-state index contributed by atoms with van der Waals surface area (Å²) >= 11 is 3.68. The van der Waals surface area contributed by atoms with E-state index in [0.29, 0.717) is 5.25 Å². The number of thioether (sulfide) groups is 1. The molecule has 1 unspecified atom stereocenters. The second-order valence-electron chi connectivity index (χ2n) is 3.22. The number of hydrogen-bond donors (Lipinski definition) is 1. The molecule has 0 aromatic carbocycles. The van der Waals surface area contributed by atoms with Gasteiger partial charge in [0, 0.05) is 10.1 Å². The van der Waals surface area contributed by atoms with Gasteiger partial charge in [-0.25, -0.2) is 4.98 Å². The number of aryl methyl sites for hydroxylation is 1. The number of anilines is 1. The summed E-state index contributed by atoms with van der Waals surface area (Å²) in [5.41, 5.74) is 6.99. The Kier molecular flexibility index (Phi) is 2.79. The van der Waals surface area contributed by atoms with Gasteiger partial charge in [-0.1, -0.05) is 6.92 Å². The predicted octanol–water partition coefficient (Wildman–Crippen LogP) is 2.86. The first-order valence-corrected chi connectivity index (χ1v) is 6.54. The van der Waals surface area contributed by atoms with Crippen LogP contribution in [0.25, 0.3) is 0 Å². The fraction of sp³-hybridized carbons (Fsp3) is 0.667. The molecule has 0 aliphatic carbocycles. The lowest BCUT2D eigenvalue weighted by Gasteiger charge is -2.06. The van der Waals surface area contributed by atoms with Gasteiger partial charge in [0.15, 0.2) is 5.13 Å². The van der Waals surface area contributed by atoms with Crippen LogP contribution < -0.4 is 5.73 Å². The van der Waals surface area contributed by atoms with Gasteiger partial charge in [-0.2, -0.15) is 11.8 Å². The number of rotatable bonds is 2. The average molecular weight is 214 g/mol. The van der Waals surface area contributed by atoms with Gasteiger partial charge in [-0.05, 0) is 25.0 Å². The normalized spacial score (nSPS) is 22.4. The number of aromatic nitrogens is 1. The highest BCUT2D eigenvalue weighted by atomic mass is 32.2. The van der Waals surface area contributed by atoms with Crippen molar-refractivity contribution in [1.29, 1.82) is 0 Å². The molecule has 1 aromatic heterocycles. The van der Waals surface area contributed by atoms with Crippen LogP contribution >= 0.6 is 23.1 Å². The van der Waals surface area contributed by atoms with Crippen molar-refractivity contribution in [3.05, 3.63) is 10.6 Å². The van der Waals surface area contributed by atoms with Gasteiger partial charge in [-0.15, -0.1) is 11.3 Å². The van der Waals surface area contributed by atoms with E-state index in [0.717, 1.165) is 11.6 Å². The lowest BCUT2D eigenvalue weighted by Crippen LogP contribution is -1.94. The molecule has 0 saturated carbocycles. The van der Waals surface area contributed by atoms with Crippen LogP contribution in [0.2, 0.25) is 0 Å². The molecule has 1 fully saturated rings. The van der Waals surface area contributed by atoms with E-state index >= 15 is 0 Å². The summed E-state index contributed by atoms with van der Waals surface area (Å²) in [6, 6.07) is 0. The number of hydrogen-bond acceptors (Lipinski definition) is 4. The van der Waals surface area contributed by atoms with Crippen LogP contribution in [0, 0.1) is 0 Å². The first-order valence-electron chi connectivity index (χ1n) is 4.68. The van der Waals surface area contributed by atoms with Crippen molar-refractivity contribution < 1.29 is 0 Å². The summed E-state index contributed by atoms with van der Waals surface area (Å²) in [6.45, 7) is 2.18. The minimum atomic E-state index is 0.628. The molecular weight excluding hydrogens is 200 g/mol. The SMILES string of the molecule is CCc1sc(N)nc1C1CCCS1. The Labute approximate surface area is 86.9 Å². The highest BCUT2D eigenvalue weighted by Gasteiger charge is 2.23. The van der Waals surface area contributed by atoms with Crippen molar-refractivity contribution in [3.63, 3.8) is 0 Å². The molecule has 1 saturated heterocycles. The Balaban J connectivity index is 2.26. The van der Waals surface area contributed by atoms with Gasteiger partial charge < -0.3 is 5.73 Å². The molecule has 0 bridgehead atoms. The number of nitrogens with zero attached hydrogens (tertiary/aromatic N) is 1. The van der Waals surface area contributed by atoms with Gasteiger partial charge in [0.25, 0.3) is 0 Å². The molecule has 0 spiro atoms. The van der Waals surface area contributed by atoms with Gasteiger partial charge >= 0.3 is 0 Å². The molecule has 1 atom stereocenters. The van der Waals surface area contributed by atoms with Crippen molar-refractivity contribution in [1.82, 2.24) is 4.98 Å². The van der Waals surface area contributed by atoms with E-state index in [1.54, 1.807) is 11.3 Å². The van der Waals surface area contributed by atoms with Crippen LogP contribution in [-0.4, -0.2) is 10.7 Å². The van der Waals surface area contributed by atoms with Crippen molar-refractivity contribution in [2.24, 2.45) is 0 Å². The standard InChI is InChI=1S/C9H14N2S2/c1-2-6-8(11-9(10)13-6)7-4-3-5-12-7/h7H,2-5H2,1H3,(H2,10,11). The third-order valence-corrected chi connectivity index (χ3v) is 4.73. The summed E-state index contributed by atoms with van der Waals surface area (Å²) in [4.78, 5) is 5.82. The second-order valence-corrected chi connectivity index (χ2v) is 5.64. The zero-order valence-electron chi connectivity index (χ0n) is 7.75. The molecule has 1 aromatic rings. The molecule has 2 rings (SSSR count). The van der Waals surface area contributed by atoms with Crippen LogP contribution in [-0.2, 0) is 6.42 Å². The van der Waals surface area contributed by atoms with Crippen LogP contribution in [0.5, 0.6) is 0 Å². The number of nitrogen functional groups attached to an aromatic ring is 1. The summed E-state index contributed by atoms with van der Waals surface area (Å²) in [7, 11) is 0. The summed E-state index contributed by atoms with van der Waals surface area (Å²) < 4.78 is 0. The molecule has 2 N–H and O–H groups in total. The van der Waals surface area contributed by atoms with E-state index in [4.69, 9.17) is 5.73 Å². The van der Waals surface area contributed by atoms with E-state index in [2.05, 4.69) is 11.9 Å². The van der Waals surface area contributed by atoms with Gasteiger partial charge in [0.05, 0.1) is 5.69 Å². The largest absolute Gasteiger partial charge is 0.375 e. The third kappa shape index (κ3) is 1.83. The molecule has 1 aliphatic heterocycles. The Hall–Kier alpha value is -0.220. The molecular formula is C9H14N2S2. The third-order valence-electron chi connectivity index (χ3n) is 2.30. The second kappa shape index (κ2) is 3.88. The maximum absolute atomic E-state index is 5.72. The van der Waals surface area contributed by atoms with E-state index in [-0.39, 0.29) is 0 Å². The van der Waals surface area contributed by atoms with Crippen LogP contribution in [0.4, 0.5) is 5.13 Å². The molecule has 13 heavy (non-hydrogen) atoms. The number of thiazole rings is 1. The van der Waals surface area contributed by atoms with Crippen molar-refractivity contribution in [2.45, 2.75) is 31.4 Å². The quantitative estimate of drug-likeness (QED) is 0.822. The first kappa shape index (κ1) is 9.34.